The molecule has 5 nitrogen and oxygen atoms in total. The number of aromatic nitrogens is 2. The van der Waals surface area contributed by atoms with E-state index < -0.39 is 0 Å². The maximum absolute atomic E-state index is 12.6. The van der Waals surface area contributed by atoms with E-state index in [-0.39, 0.29) is 11.9 Å². The molecule has 24 heavy (non-hydrogen) atoms. The van der Waals surface area contributed by atoms with Crippen molar-refractivity contribution in [3.63, 3.8) is 0 Å². The largest absolute Gasteiger partial charge is 0.496 e. The molecule has 0 saturated heterocycles. The lowest BCUT2D eigenvalue weighted by molar-refractivity contribution is 0.0931. The Hall–Kier alpha value is -2.95. The monoisotopic (exact) mass is 319 g/mol. The fourth-order valence-electron chi connectivity index (χ4n) is 3.26. The van der Waals surface area contributed by atoms with Crippen molar-refractivity contribution in [3.8, 4) is 5.75 Å². The summed E-state index contributed by atoms with van der Waals surface area (Å²) in [5, 5.41) is 3.07. The van der Waals surface area contributed by atoms with E-state index in [0.717, 1.165) is 35.2 Å². The maximum atomic E-state index is 12.6. The number of rotatable bonds is 3. The minimum absolute atomic E-state index is 0.0177. The van der Waals surface area contributed by atoms with Gasteiger partial charge in [0, 0.05) is 0 Å². The molecule has 1 atom stereocenters. The molecule has 2 aromatic carbocycles. The van der Waals surface area contributed by atoms with Gasteiger partial charge in [0.25, 0.3) is 5.91 Å². The Balaban J connectivity index is 1.59. The highest BCUT2D eigenvalue weighted by Gasteiger charge is 2.27. The summed E-state index contributed by atoms with van der Waals surface area (Å²) in [6.45, 7) is 0. The first-order valence-electron chi connectivity index (χ1n) is 7.94. The second-order valence-corrected chi connectivity index (χ2v) is 5.84. The SMILES string of the molecule is COc1cccc2c1CCC2NC(=O)c1cnc2ccccc2n1. The first-order chi connectivity index (χ1) is 11.8. The zero-order valence-electron chi connectivity index (χ0n) is 13.3. The summed E-state index contributed by atoms with van der Waals surface area (Å²) in [4.78, 5) is 21.3. The number of hydrogen-bond acceptors (Lipinski definition) is 4. The second-order valence-electron chi connectivity index (χ2n) is 5.84. The number of nitrogens with zero attached hydrogens (tertiary/aromatic N) is 2. The van der Waals surface area contributed by atoms with Crippen LogP contribution < -0.4 is 10.1 Å². The number of benzene rings is 2. The number of methoxy groups -OCH3 is 1. The number of hydrogen-bond donors (Lipinski definition) is 1. The summed E-state index contributed by atoms with van der Waals surface area (Å²) in [6.07, 6.45) is 3.29. The molecule has 1 N–H and O–H groups in total. The summed E-state index contributed by atoms with van der Waals surface area (Å²) >= 11 is 0. The number of para-hydroxylation sites is 2. The van der Waals surface area contributed by atoms with Gasteiger partial charge >= 0.3 is 0 Å². The molecular weight excluding hydrogens is 302 g/mol. The lowest BCUT2D eigenvalue weighted by Gasteiger charge is -2.14. The van der Waals surface area contributed by atoms with Crippen molar-refractivity contribution in [2.75, 3.05) is 7.11 Å². The van der Waals surface area contributed by atoms with Gasteiger partial charge in [-0.2, -0.15) is 0 Å². The summed E-state index contributed by atoms with van der Waals surface area (Å²) in [5.41, 5.74) is 4.14. The van der Waals surface area contributed by atoms with Crippen LogP contribution in [0.3, 0.4) is 0 Å². The molecule has 0 saturated carbocycles. The molecule has 1 aromatic heterocycles. The lowest BCUT2D eigenvalue weighted by Crippen LogP contribution is -2.28. The predicted octanol–water partition coefficient (Wildman–Crippen LogP) is 3.06. The van der Waals surface area contributed by atoms with Crippen LogP contribution in [0.2, 0.25) is 0 Å². The molecule has 1 amide bonds. The summed E-state index contributed by atoms with van der Waals surface area (Å²) in [6, 6.07) is 13.5. The molecular formula is C19H17N3O2. The third-order valence-electron chi connectivity index (χ3n) is 4.43. The minimum Gasteiger partial charge on any atom is -0.496 e. The first kappa shape index (κ1) is 14.6. The molecule has 0 spiro atoms. The maximum Gasteiger partial charge on any atom is 0.271 e. The van der Waals surface area contributed by atoms with Gasteiger partial charge in [-0.15, -0.1) is 0 Å². The Labute approximate surface area is 139 Å². The molecule has 0 radical (unpaired) electrons. The van der Waals surface area contributed by atoms with Crippen molar-refractivity contribution in [1.29, 1.82) is 0 Å². The van der Waals surface area contributed by atoms with E-state index in [0.29, 0.717) is 5.69 Å². The quantitative estimate of drug-likeness (QED) is 0.806. The van der Waals surface area contributed by atoms with E-state index >= 15 is 0 Å². The number of carbonyl (C=O) groups is 1. The third kappa shape index (κ3) is 2.48. The van der Waals surface area contributed by atoms with Gasteiger partial charge in [0.1, 0.15) is 11.4 Å². The molecule has 1 aliphatic rings. The fourth-order valence-corrected chi connectivity index (χ4v) is 3.26. The van der Waals surface area contributed by atoms with Crippen molar-refractivity contribution in [3.05, 3.63) is 65.5 Å². The highest BCUT2D eigenvalue weighted by atomic mass is 16.5. The molecule has 0 bridgehead atoms. The van der Waals surface area contributed by atoms with E-state index in [9.17, 15) is 4.79 Å². The van der Waals surface area contributed by atoms with Gasteiger partial charge < -0.3 is 10.1 Å². The molecule has 1 unspecified atom stereocenters. The van der Waals surface area contributed by atoms with Crippen molar-refractivity contribution in [1.82, 2.24) is 15.3 Å². The highest BCUT2D eigenvalue weighted by Crippen LogP contribution is 2.36. The van der Waals surface area contributed by atoms with Gasteiger partial charge in [-0.05, 0) is 42.2 Å². The second kappa shape index (κ2) is 5.92. The molecule has 4 rings (SSSR count). The van der Waals surface area contributed by atoms with E-state index in [4.69, 9.17) is 4.74 Å². The minimum atomic E-state index is -0.200. The number of carbonyl (C=O) groups excluding carboxylic acids is 1. The molecule has 1 aliphatic carbocycles. The predicted molar refractivity (Wildman–Crippen MR) is 91.1 cm³/mol. The van der Waals surface area contributed by atoms with Crippen molar-refractivity contribution < 1.29 is 9.53 Å². The average Bonchev–Trinajstić information content (AvgIpc) is 3.04. The molecule has 120 valence electrons. The normalized spacial score (nSPS) is 16.0. The number of nitrogens with one attached hydrogen (secondary N) is 1. The zero-order chi connectivity index (χ0) is 16.5. The Morgan fingerprint density at radius 2 is 2.00 bits per heavy atom. The van der Waals surface area contributed by atoms with Crippen LogP contribution in [0.5, 0.6) is 5.75 Å². The Morgan fingerprint density at radius 3 is 2.83 bits per heavy atom. The molecule has 3 aromatic rings. The van der Waals surface area contributed by atoms with Gasteiger partial charge in [-0.25, -0.2) is 4.98 Å². The van der Waals surface area contributed by atoms with Gasteiger partial charge in [0.2, 0.25) is 0 Å². The van der Waals surface area contributed by atoms with E-state index in [1.165, 1.54) is 11.8 Å². The van der Waals surface area contributed by atoms with Crippen LogP contribution in [0.1, 0.15) is 34.1 Å². The third-order valence-corrected chi connectivity index (χ3v) is 4.43. The van der Waals surface area contributed by atoms with Crippen LogP contribution in [0.15, 0.2) is 48.7 Å². The van der Waals surface area contributed by atoms with Gasteiger partial charge in [-0.3, -0.25) is 9.78 Å². The van der Waals surface area contributed by atoms with E-state index in [1.54, 1.807) is 7.11 Å². The van der Waals surface area contributed by atoms with E-state index in [2.05, 4.69) is 15.3 Å². The molecule has 0 aliphatic heterocycles. The Kier molecular flexibility index (Phi) is 3.61. The molecule has 0 fully saturated rings. The highest BCUT2D eigenvalue weighted by molar-refractivity contribution is 5.94. The zero-order valence-corrected chi connectivity index (χ0v) is 13.3. The van der Waals surface area contributed by atoms with Crippen LogP contribution in [0.4, 0.5) is 0 Å². The van der Waals surface area contributed by atoms with Gasteiger partial charge in [0.05, 0.1) is 30.4 Å². The van der Waals surface area contributed by atoms with Crippen LogP contribution >= 0.6 is 0 Å². The molecule has 1 heterocycles. The van der Waals surface area contributed by atoms with Gasteiger partial charge in [0.15, 0.2) is 0 Å². The van der Waals surface area contributed by atoms with Gasteiger partial charge in [-0.1, -0.05) is 24.3 Å². The van der Waals surface area contributed by atoms with Crippen LogP contribution in [-0.4, -0.2) is 23.0 Å². The molecule has 5 heteroatoms. The number of amides is 1. The van der Waals surface area contributed by atoms with E-state index in [1.807, 2.05) is 42.5 Å². The van der Waals surface area contributed by atoms with Crippen molar-refractivity contribution >= 4 is 16.9 Å². The lowest BCUT2D eigenvalue weighted by atomic mass is 10.1. The Morgan fingerprint density at radius 1 is 1.17 bits per heavy atom. The van der Waals surface area contributed by atoms with Crippen LogP contribution in [-0.2, 0) is 6.42 Å². The summed E-state index contributed by atoms with van der Waals surface area (Å²) in [5.74, 6) is 0.684. The number of fused-ring (bicyclic) bond motifs is 2. The Bertz CT molecular complexity index is 923. The van der Waals surface area contributed by atoms with Crippen LogP contribution in [0.25, 0.3) is 11.0 Å². The first-order valence-corrected chi connectivity index (χ1v) is 7.94. The summed E-state index contributed by atoms with van der Waals surface area (Å²) < 4.78 is 5.41. The smallest absolute Gasteiger partial charge is 0.271 e. The van der Waals surface area contributed by atoms with Crippen LogP contribution in [0, 0.1) is 0 Å². The topological polar surface area (TPSA) is 64.1 Å². The standard InChI is InChI=1S/C19H17N3O2/c1-24-18-8-4-5-12-13(18)9-10-14(12)22-19(23)17-11-20-15-6-2-3-7-16(15)21-17/h2-8,11,14H,9-10H2,1H3,(H,22,23). The number of ether oxygens (including phenoxy) is 1. The average molecular weight is 319 g/mol. The summed E-state index contributed by atoms with van der Waals surface area (Å²) in [7, 11) is 1.67. The van der Waals surface area contributed by atoms with Crippen molar-refractivity contribution in [2.45, 2.75) is 18.9 Å². The van der Waals surface area contributed by atoms with Crippen molar-refractivity contribution in [2.24, 2.45) is 0 Å². The fraction of sp³-hybridized carbons (Fsp3) is 0.211.